The Labute approximate surface area is 95.7 Å². The summed E-state index contributed by atoms with van der Waals surface area (Å²) in [7, 11) is -3.93. The number of nitrogens with zero attached hydrogens (tertiary/aromatic N) is 1. The molecule has 0 saturated carbocycles. The van der Waals surface area contributed by atoms with E-state index in [-0.39, 0.29) is 0 Å². The second-order valence-electron chi connectivity index (χ2n) is 3.03. The summed E-state index contributed by atoms with van der Waals surface area (Å²) in [5.74, 6) is 0. The maximum Gasteiger partial charge on any atom is 0.416 e. The molecular weight excluding hydrogens is 255 g/mol. The molecule has 0 atom stereocenters. The Kier molecular flexibility index (Phi) is 3.29. The summed E-state index contributed by atoms with van der Waals surface area (Å²) in [5, 5.41) is 9.23. The van der Waals surface area contributed by atoms with E-state index in [1.54, 1.807) is 0 Å². The van der Waals surface area contributed by atoms with Crippen molar-refractivity contribution in [2.24, 2.45) is 0 Å². The van der Waals surface area contributed by atoms with Gasteiger partial charge in [-0.25, -0.2) is 8.42 Å². The summed E-state index contributed by atoms with van der Waals surface area (Å²) in [6, 6.07) is 3.27. The molecule has 1 aromatic rings. The van der Waals surface area contributed by atoms with Crippen molar-refractivity contribution in [3.8, 4) is 6.07 Å². The molecule has 0 fully saturated rings. The highest BCUT2D eigenvalue weighted by Gasteiger charge is 2.31. The SMILES string of the molecule is C=CS(=O)(=O)c1ccc(C(F)(F)F)cc1C#N. The van der Waals surface area contributed by atoms with Gasteiger partial charge in [-0.1, -0.05) is 6.58 Å². The van der Waals surface area contributed by atoms with Crippen LogP contribution in [0.4, 0.5) is 13.2 Å². The van der Waals surface area contributed by atoms with E-state index in [1.807, 2.05) is 0 Å². The van der Waals surface area contributed by atoms with Crippen LogP contribution >= 0.6 is 0 Å². The molecule has 90 valence electrons. The lowest BCUT2D eigenvalue weighted by Gasteiger charge is -2.08. The Morgan fingerprint density at radius 2 is 1.94 bits per heavy atom. The number of hydrogen-bond acceptors (Lipinski definition) is 3. The van der Waals surface area contributed by atoms with Gasteiger partial charge in [0.25, 0.3) is 0 Å². The number of alkyl halides is 3. The summed E-state index contributed by atoms with van der Waals surface area (Å²) in [6.45, 7) is 3.04. The van der Waals surface area contributed by atoms with Gasteiger partial charge in [0.05, 0.1) is 16.0 Å². The lowest BCUT2D eigenvalue weighted by molar-refractivity contribution is -0.137. The van der Waals surface area contributed by atoms with Crippen molar-refractivity contribution in [3.05, 3.63) is 41.3 Å². The Hall–Kier alpha value is -1.81. The molecule has 0 radical (unpaired) electrons. The van der Waals surface area contributed by atoms with Crippen LogP contribution in [0, 0.1) is 11.3 Å². The van der Waals surface area contributed by atoms with Gasteiger partial charge in [0.2, 0.25) is 9.84 Å². The van der Waals surface area contributed by atoms with Gasteiger partial charge in [-0.2, -0.15) is 18.4 Å². The number of rotatable bonds is 2. The minimum absolute atomic E-state index is 0.483. The van der Waals surface area contributed by atoms with Gasteiger partial charge in [-0.05, 0) is 18.2 Å². The molecule has 1 aromatic carbocycles. The van der Waals surface area contributed by atoms with Gasteiger partial charge in [0.1, 0.15) is 6.07 Å². The first-order valence-electron chi connectivity index (χ1n) is 4.21. The average Bonchev–Trinajstić information content (AvgIpc) is 2.27. The summed E-state index contributed by atoms with van der Waals surface area (Å²) >= 11 is 0. The largest absolute Gasteiger partial charge is 0.416 e. The first-order chi connectivity index (χ1) is 7.72. The maximum atomic E-state index is 12.3. The van der Waals surface area contributed by atoms with Gasteiger partial charge in [0.15, 0.2) is 0 Å². The van der Waals surface area contributed by atoms with E-state index >= 15 is 0 Å². The molecule has 0 saturated heterocycles. The lowest BCUT2D eigenvalue weighted by atomic mass is 10.1. The van der Waals surface area contributed by atoms with E-state index in [1.165, 1.54) is 6.07 Å². The summed E-state index contributed by atoms with van der Waals surface area (Å²) in [4.78, 5) is -0.483. The molecule has 3 nitrogen and oxygen atoms in total. The van der Waals surface area contributed by atoms with Crippen LogP contribution in [0.2, 0.25) is 0 Å². The van der Waals surface area contributed by atoms with E-state index < -0.39 is 32.0 Å². The topological polar surface area (TPSA) is 57.9 Å². The van der Waals surface area contributed by atoms with E-state index in [0.29, 0.717) is 17.5 Å². The minimum atomic E-state index is -4.62. The lowest BCUT2D eigenvalue weighted by Crippen LogP contribution is -2.07. The zero-order chi connectivity index (χ0) is 13.3. The molecule has 0 heterocycles. The molecule has 0 aliphatic carbocycles. The van der Waals surface area contributed by atoms with Crippen LogP contribution in [0.15, 0.2) is 35.1 Å². The first kappa shape index (κ1) is 13.3. The smallest absolute Gasteiger partial charge is 0.219 e. The highest BCUT2D eigenvalue weighted by molar-refractivity contribution is 7.94. The van der Waals surface area contributed by atoms with Crippen molar-refractivity contribution in [1.82, 2.24) is 0 Å². The molecule has 0 N–H and O–H groups in total. The monoisotopic (exact) mass is 261 g/mol. The summed E-state index contributed by atoms with van der Waals surface area (Å²) in [5.41, 5.74) is -1.63. The van der Waals surface area contributed by atoms with Gasteiger partial charge in [-0.3, -0.25) is 0 Å². The van der Waals surface area contributed by atoms with E-state index in [2.05, 4.69) is 6.58 Å². The standard InChI is InChI=1S/C10H6F3NO2S/c1-2-17(15,16)9-4-3-8(10(11,12)13)5-7(9)6-14/h2-5H,1H2. The van der Waals surface area contributed by atoms with Crippen molar-refractivity contribution < 1.29 is 21.6 Å². The summed E-state index contributed by atoms with van der Waals surface area (Å²) in [6.07, 6.45) is -4.62. The third-order valence-electron chi connectivity index (χ3n) is 1.95. The third-order valence-corrected chi connectivity index (χ3v) is 3.36. The van der Waals surface area contributed by atoms with E-state index in [4.69, 9.17) is 5.26 Å². The molecular formula is C10H6F3NO2S. The van der Waals surface area contributed by atoms with Crippen LogP contribution < -0.4 is 0 Å². The van der Waals surface area contributed by atoms with Gasteiger partial charge in [0, 0.05) is 5.41 Å². The van der Waals surface area contributed by atoms with Crippen LogP contribution in [0.5, 0.6) is 0 Å². The van der Waals surface area contributed by atoms with Crippen LogP contribution in [0.25, 0.3) is 0 Å². The molecule has 0 unspecified atom stereocenters. The molecule has 7 heteroatoms. The molecule has 0 amide bonds. The van der Waals surface area contributed by atoms with Crippen molar-refractivity contribution in [1.29, 1.82) is 5.26 Å². The molecule has 0 aliphatic heterocycles. The molecule has 0 aliphatic rings. The number of halogens is 3. The number of nitriles is 1. The normalized spacial score (nSPS) is 11.9. The first-order valence-corrected chi connectivity index (χ1v) is 5.76. The van der Waals surface area contributed by atoms with Crippen LogP contribution in [-0.2, 0) is 16.0 Å². The Bertz CT molecular complexity index is 597. The van der Waals surface area contributed by atoms with Gasteiger partial charge < -0.3 is 0 Å². The van der Waals surface area contributed by atoms with Crippen LogP contribution in [-0.4, -0.2) is 8.42 Å². The van der Waals surface area contributed by atoms with Gasteiger partial charge >= 0.3 is 6.18 Å². The number of sulfone groups is 1. The molecule has 0 aromatic heterocycles. The second-order valence-corrected chi connectivity index (χ2v) is 4.90. The fraction of sp³-hybridized carbons (Fsp3) is 0.100. The summed E-state index contributed by atoms with van der Waals surface area (Å²) < 4.78 is 59.8. The Morgan fingerprint density at radius 3 is 2.35 bits per heavy atom. The highest BCUT2D eigenvalue weighted by Crippen LogP contribution is 2.31. The maximum absolute atomic E-state index is 12.3. The van der Waals surface area contributed by atoms with Crippen molar-refractivity contribution >= 4 is 9.84 Å². The third kappa shape index (κ3) is 2.65. The fourth-order valence-corrected chi connectivity index (χ4v) is 1.98. The Balaban J connectivity index is 3.52. The van der Waals surface area contributed by atoms with E-state index in [0.717, 1.165) is 6.07 Å². The fourth-order valence-electron chi connectivity index (χ4n) is 1.13. The van der Waals surface area contributed by atoms with Crippen LogP contribution in [0.1, 0.15) is 11.1 Å². The van der Waals surface area contributed by atoms with Crippen molar-refractivity contribution in [3.63, 3.8) is 0 Å². The van der Waals surface area contributed by atoms with E-state index in [9.17, 15) is 21.6 Å². The molecule has 0 spiro atoms. The number of hydrogen-bond donors (Lipinski definition) is 0. The average molecular weight is 261 g/mol. The quantitative estimate of drug-likeness (QED) is 0.821. The van der Waals surface area contributed by atoms with Crippen LogP contribution in [0.3, 0.4) is 0 Å². The molecule has 17 heavy (non-hydrogen) atoms. The highest BCUT2D eigenvalue weighted by atomic mass is 32.2. The minimum Gasteiger partial charge on any atom is -0.219 e. The second kappa shape index (κ2) is 4.22. The Morgan fingerprint density at radius 1 is 1.35 bits per heavy atom. The number of benzene rings is 1. The predicted molar refractivity (Wildman–Crippen MR) is 53.5 cm³/mol. The van der Waals surface area contributed by atoms with Crippen molar-refractivity contribution in [2.45, 2.75) is 11.1 Å². The zero-order valence-electron chi connectivity index (χ0n) is 8.32. The van der Waals surface area contributed by atoms with Crippen molar-refractivity contribution in [2.75, 3.05) is 0 Å². The zero-order valence-corrected chi connectivity index (χ0v) is 9.14. The molecule has 1 rings (SSSR count). The molecule has 0 bridgehead atoms. The van der Waals surface area contributed by atoms with Gasteiger partial charge in [-0.15, -0.1) is 0 Å². The predicted octanol–water partition coefficient (Wildman–Crippen LogP) is 2.49.